The second-order valence-electron chi connectivity index (χ2n) is 6.74. The molecule has 0 fully saturated rings. The van der Waals surface area contributed by atoms with E-state index in [2.05, 4.69) is 35.5 Å². The molecule has 0 aliphatic heterocycles. The van der Waals surface area contributed by atoms with Gasteiger partial charge in [-0.25, -0.2) is 19.9 Å². The molecule has 2 N–H and O–H groups in total. The minimum atomic E-state index is 0.0285. The Kier molecular flexibility index (Phi) is 4.29. The molecule has 3 aromatic heterocycles. The van der Waals surface area contributed by atoms with Gasteiger partial charge in [-0.05, 0) is 36.8 Å². The first-order valence-corrected chi connectivity index (χ1v) is 9.48. The fourth-order valence-electron chi connectivity index (χ4n) is 3.30. The predicted octanol–water partition coefficient (Wildman–Crippen LogP) is 4.79. The normalized spacial score (nSPS) is 12.3. The van der Waals surface area contributed by atoms with Crippen molar-refractivity contribution in [3.05, 3.63) is 71.8 Å². The predicted molar refractivity (Wildman–Crippen MR) is 114 cm³/mol. The number of hydrogen-bond donors (Lipinski definition) is 2. The third-order valence-electron chi connectivity index (χ3n) is 4.80. The molecule has 7 nitrogen and oxygen atoms in total. The van der Waals surface area contributed by atoms with Crippen molar-refractivity contribution >= 4 is 39.5 Å². The average Bonchev–Trinajstić information content (AvgIpc) is 3.22. The minimum Gasteiger partial charge on any atom is -0.348 e. The van der Waals surface area contributed by atoms with Gasteiger partial charge >= 0.3 is 0 Å². The van der Waals surface area contributed by atoms with E-state index >= 15 is 0 Å². The first-order chi connectivity index (χ1) is 14.2. The minimum absolute atomic E-state index is 0.0285. The molecule has 0 aliphatic carbocycles. The monoisotopic (exact) mass is 401 g/mol. The van der Waals surface area contributed by atoms with Crippen molar-refractivity contribution in [2.45, 2.75) is 13.0 Å². The molecule has 142 valence electrons. The van der Waals surface area contributed by atoms with Gasteiger partial charge in [0.25, 0.3) is 0 Å². The Morgan fingerprint density at radius 2 is 1.97 bits per heavy atom. The van der Waals surface area contributed by atoms with Crippen LogP contribution in [0.4, 0.5) is 5.95 Å². The molecule has 1 atom stereocenters. The largest absolute Gasteiger partial charge is 0.348 e. The summed E-state index contributed by atoms with van der Waals surface area (Å²) in [6.45, 7) is 2.05. The van der Waals surface area contributed by atoms with E-state index in [4.69, 9.17) is 11.6 Å². The van der Waals surface area contributed by atoms with Crippen LogP contribution in [0.5, 0.6) is 0 Å². The summed E-state index contributed by atoms with van der Waals surface area (Å²) in [4.78, 5) is 17.7. The Hall–Kier alpha value is -3.58. The number of fused-ring (bicyclic) bond motifs is 2. The fourth-order valence-corrected chi connectivity index (χ4v) is 3.50. The third-order valence-corrected chi connectivity index (χ3v) is 5.03. The second kappa shape index (κ2) is 7.10. The van der Waals surface area contributed by atoms with Gasteiger partial charge in [-0.1, -0.05) is 29.8 Å². The van der Waals surface area contributed by atoms with Gasteiger partial charge in [0.15, 0.2) is 5.65 Å². The summed E-state index contributed by atoms with van der Waals surface area (Å²) < 4.78 is 0. The summed E-state index contributed by atoms with van der Waals surface area (Å²) in [5.74, 6) is 0.567. The molecule has 5 rings (SSSR count). The zero-order valence-electron chi connectivity index (χ0n) is 15.5. The first kappa shape index (κ1) is 17.5. The SMILES string of the molecule is CC(Nc1ncc2cc(-c3ncnc4[nH]ncc34)ccc2n1)c1cccc(Cl)c1. The van der Waals surface area contributed by atoms with E-state index in [9.17, 15) is 0 Å². The Labute approximate surface area is 171 Å². The van der Waals surface area contributed by atoms with Gasteiger partial charge < -0.3 is 5.32 Å². The van der Waals surface area contributed by atoms with Crippen LogP contribution in [0.3, 0.4) is 0 Å². The van der Waals surface area contributed by atoms with Crippen LogP contribution < -0.4 is 5.32 Å². The molecular weight excluding hydrogens is 386 g/mol. The Morgan fingerprint density at radius 3 is 2.86 bits per heavy atom. The van der Waals surface area contributed by atoms with Crippen molar-refractivity contribution in [1.29, 1.82) is 0 Å². The lowest BCUT2D eigenvalue weighted by Crippen LogP contribution is -2.09. The average molecular weight is 402 g/mol. The number of benzene rings is 2. The first-order valence-electron chi connectivity index (χ1n) is 9.10. The van der Waals surface area contributed by atoms with E-state index in [1.807, 2.05) is 55.6 Å². The van der Waals surface area contributed by atoms with Crippen LogP contribution in [-0.2, 0) is 0 Å². The Morgan fingerprint density at radius 1 is 1.03 bits per heavy atom. The molecule has 2 aromatic carbocycles. The molecule has 0 spiro atoms. The van der Waals surface area contributed by atoms with Gasteiger partial charge in [0.2, 0.25) is 5.95 Å². The fraction of sp³-hybridized carbons (Fsp3) is 0.0952. The van der Waals surface area contributed by atoms with Crippen LogP contribution in [0.25, 0.3) is 33.2 Å². The summed E-state index contributed by atoms with van der Waals surface area (Å²) in [6.07, 6.45) is 5.07. The lowest BCUT2D eigenvalue weighted by molar-refractivity contribution is 0.864. The van der Waals surface area contributed by atoms with Gasteiger partial charge in [0.05, 0.1) is 28.8 Å². The van der Waals surface area contributed by atoms with Crippen LogP contribution >= 0.6 is 11.6 Å². The van der Waals surface area contributed by atoms with Crippen molar-refractivity contribution in [3.8, 4) is 11.3 Å². The molecule has 0 radical (unpaired) electrons. The number of hydrogen-bond acceptors (Lipinski definition) is 6. The smallest absolute Gasteiger partial charge is 0.223 e. The number of aromatic amines is 1. The number of H-pyrrole nitrogens is 1. The summed E-state index contributed by atoms with van der Waals surface area (Å²) in [7, 11) is 0. The number of halogens is 1. The van der Waals surface area contributed by atoms with Crippen LogP contribution in [0.1, 0.15) is 18.5 Å². The highest BCUT2D eigenvalue weighted by molar-refractivity contribution is 6.30. The number of nitrogens with zero attached hydrogens (tertiary/aromatic N) is 5. The van der Waals surface area contributed by atoms with Crippen LogP contribution in [-0.4, -0.2) is 30.1 Å². The lowest BCUT2D eigenvalue weighted by Gasteiger charge is -2.15. The zero-order chi connectivity index (χ0) is 19.8. The van der Waals surface area contributed by atoms with Crippen LogP contribution in [0.15, 0.2) is 61.2 Å². The molecule has 0 saturated heterocycles. The van der Waals surface area contributed by atoms with E-state index < -0.39 is 0 Å². The molecule has 5 aromatic rings. The van der Waals surface area contributed by atoms with E-state index in [1.54, 1.807) is 6.20 Å². The van der Waals surface area contributed by atoms with E-state index in [1.165, 1.54) is 6.33 Å². The molecule has 0 bridgehead atoms. The molecule has 0 aliphatic rings. The van der Waals surface area contributed by atoms with E-state index in [0.29, 0.717) is 16.6 Å². The summed E-state index contributed by atoms with van der Waals surface area (Å²) in [5, 5.41) is 12.8. The topological polar surface area (TPSA) is 92.3 Å². The molecule has 1 unspecified atom stereocenters. The molecule has 3 heterocycles. The van der Waals surface area contributed by atoms with Gasteiger partial charge in [-0.2, -0.15) is 5.10 Å². The van der Waals surface area contributed by atoms with Crippen molar-refractivity contribution in [2.75, 3.05) is 5.32 Å². The van der Waals surface area contributed by atoms with E-state index in [-0.39, 0.29) is 6.04 Å². The van der Waals surface area contributed by atoms with Gasteiger partial charge in [0, 0.05) is 22.2 Å². The Balaban J connectivity index is 1.46. The molecular formula is C21H16ClN7. The number of anilines is 1. The van der Waals surface area contributed by atoms with Crippen LogP contribution in [0, 0.1) is 0 Å². The molecule has 29 heavy (non-hydrogen) atoms. The standard InChI is InChI=1S/C21H16ClN7/c1-12(13-3-2-4-16(22)8-13)27-21-23-9-15-7-14(5-6-18(15)28-21)19-17-10-26-29-20(17)25-11-24-19/h2-12H,1H3,(H,23,27,28)(H,24,25,26,29). The highest BCUT2D eigenvalue weighted by Crippen LogP contribution is 2.27. The quantitative estimate of drug-likeness (QED) is 0.449. The maximum Gasteiger partial charge on any atom is 0.223 e. The molecule has 8 heteroatoms. The van der Waals surface area contributed by atoms with Gasteiger partial charge in [-0.15, -0.1) is 0 Å². The maximum atomic E-state index is 6.09. The number of nitrogens with one attached hydrogen (secondary N) is 2. The number of aromatic nitrogens is 6. The molecule has 0 saturated carbocycles. The van der Waals surface area contributed by atoms with Crippen molar-refractivity contribution in [2.24, 2.45) is 0 Å². The highest BCUT2D eigenvalue weighted by Gasteiger charge is 2.11. The van der Waals surface area contributed by atoms with Crippen molar-refractivity contribution in [1.82, 2.24) is 30.1 Å². The lowest BCUT2D eigenvalue weighted by atomic mass is 10.1. The summed E-state index contributed by atoms with van der Waals surface area (Å²) >= 11 is 6.09. The Bertz CT molecular complexity index is 1330. The van der Waals surface area contributed by atoms with E-state index in [0.717, 1.165) is 33.1 Å². The number of rotatable bonds is 4. The van der Waals surface area contributed by atoms with Crippen molar-refractivity contribution in [3.63, 3.8) is 0 Å². The molecule has 0 amide bonds. The summed E-state index contributed by atoms with van der Waals surface area (Å²) in [6, 6.07) is 13.8. The maximum absolute atomic E-state index is 6.09. The van der Waals surface area contributed by atoms with Crippen molar-refractivity contribution < 1.29 is 0 Å². The summed E-state index contributed by atoms with van der Waals surface area (Å²) in [5.41, 5.74) is 4.41. The van der Waals surface area contributed by atoms with Gasteiger partial charge in [0.1, 0.15) is 6.33 Å². The van der Waals surface area contributed by atoms with Gasteiger partial charge in [-0.3, -0.25) is 5.10 Å². The highest BCUT2D eigenvalue weighted by atomic mass is 35.5. The second-order valence-corrected chi connectivity index (χ2v) is 7.18. The zero-order valence-corrected chi connectivity index (χ0v) is 16.2. The third kappa shape index (κ3) is 3.36. The van der Waals surface area contributed by atoms with Crippen LogP contribution in [0.2, 0.25) is 5.02 Å².